The van der Waals surface area contributed by atoms with Gasteiger partial charge in [-0.3, -0.25) is 0 Å². The Hall–Kier alpha value is -1.75. The molecule has 0 aliphatic rings. The number of esters is 1. The van der Waals surface area contributed by atoms with Gasteiger partial charge in [-0.1, -0.05) is 0 Å². The van der Waals surface area contributed by atoms with Gasteiger partial charge in [-0.2, -0.15) is 0 Å². The number of carbonyl (C=O) groups excluding carboxylic acids is 1. The highest BCUT2D eigenvalue weighted by Gasteiger charge is 2.16. The molecule has 0 fully saturated rings. The highest BCUT2D eigenvalue weighted by molar-refractivity contribution is 5.92. The van der Waals surface area contributed by atoms with Crippen LogP contribution in [0.3, 0.4) is 0 Å². The van der Waals surface area contributed by atoms with Crippen molar-refractivity contribution < 1.29 is 14.6 Å². The number of anilines is 2. The van der Waals surface area contributed by atoms with Crippen molar-refractivity contribution in [3.8, 4) is 0 Å². The van der Waals surface area contributed by atoms with Gasteiger partial charge in [-0.25, -0.2) is 4.79 Å². The van der Waals surface area contributed by atoms with E-state index in [9.17, 15) is 4.79 Å². The first-order valence-electron chi connectivity index (χ1n) is 6.45. The van der Waals surface area contributed by atoms with E-state index in [0.29, 0.717) is 24.4 Å². The first-order chi connectivity index (χ1) is 9.01. The van der Waals surface area contributed by atoms with E-state index in [1.807, 2.05) is 18.7 Å². The molecule has 1 aromatic carbocycles. The predicted octanol–water partition coefficient (Wildman–Crippen LogP) is 1.65. The molecular weight excluding hydrogens is 244 g/mol. The average Bonchev–Trinajstić information content (AvgIpc) is 2.37. The van der Waals surface area contributed by atoms with Gasteiger partial charge in [0.1, 0.15) is 0 Å². The van der Waals surface area contributed by atoms with Gasteiger partial charge in [-0.05, 0) is 39.0 Å². The maximum Gasteiger partial charge on any atom is 0.338 e. The molecule has 0 saturated carbocycles. The van der Waals surface area contributed by atoms with Crippen LogP contribution in [-0.2, 0) is 4.74 Å². The molecule has 106 valence electrons. The molecule has 0 saturated heterocycles. The lowest BCUT2D eigenvalue weighted by Crippen LogP contribution is -2.34. The van der Waals surface area contributed by atoms with Crippen molar-refractivity contribution in [1.29, 1.82) is 0 Å². The summed E-state index contributed by atoms with van der Waals surface area (Å²) >= 11 is 0. The Labute approximate surface area is 114 Å². The molecule has 0 spiro atoms. The second kappa shape index (κ2) is 6.99. The topological polar surface area (TPSA) is 75.8 Å². The zero-order valence-corrected chi connectivity index (χ0v) is 11.7. The van der Waals surface area contributed by atoms with E-state index in [1.54, 1.807) is 25.1 Å². The molecule has 0 aromatic heterocycles. The number of benzene rings is 1. The van der Waals surface area contributed by atoms with Crippen molar-refractivity contribution in [3.63, 3.8) is 0 Å². The van der Waals surface area contributed by atoms with E-state index in [4.69, 9.17) is 15.6 Å². The monoisotopic (exact) mass is 266 g/mol. The minimum absolute atomic E-state index is 0.0290. The summed E-state index contributed by atoms with van der Waals surface area (Å²) in [6.45, 7) is 6.61. The standard InChI is InChI=1S/C14H22N2O3/c1-4-19-14(18)11-5-6-12(15)13(9-11)16(7-8-17)10(2)3/h5-6,9-10,17H,4,7-8,15H2,1-3H3. The van der Waals surface area contributed by atoms with Gasteiger partial charge in [-0.15, -0.1) is 0 Å². The number of carbonyl (C=O) groups is 1. The Kier molecular flexibility index (Phi) is 5.63. The number of nitrogens with zero attached hydrogens (tertiary/aromatic N) is 1. The number of ether oxygens (including phenoxy) is 1. The van der Waals surface area contributed by atoms with Gasteiger partial charge >= 0.3 is 5.97 Å². The minimum atomic E-state index is -0.364. The summed E-state index contributed by atoms with van der Waals surface area (Å²) in [5.74, 6) is -0.364. The molecule has 0 unspecified atom stereocenters. The average molecular weight is 266 g/mol. The molecule has 1 rings (SSSR count). The van der Waals surface area contributed by atoms with E-state index in [1.165, 1.54) is 0 Å². The third-order valence-corrected chi connectivity index (χ3v) is 2.82. The SMILES string of the molecule is CCOC(=O)c1ccc(N)c(N(CCO)C(C)C)c1. The number of aliphatic hydroxyl groups excluding tert-OH is 1. The second-order valence-corrected chi connectivity index (χ2v) is 4.50. The summed E-state index contributed by atoms with van der Waals surface area (Å²) in [6.07, 6.45) is 0. The summed E-state index contributed by atoms with van der Waals surface area (Å²) < 4.78 is 4.98. The van der Waals surface area contributed by atoms with E-state index in [-0.39, 0.29) is 18.6 Å². The van der Waals surface area contributed by atoms with Crippen molar-refractivity contribution in [2.45, 2.75) is 26.8 Å². The van der Waals surface area contributed by atoms with Crippen molar-refractivity contribution in [1.82, 2.24) is 0 Å². The maximum atomic E-state index is 11.7. The van der Waals surface area contributed by atoms with Crippen molar-refractivity contribution in [2.24, 2.45) is 0 Å². The number of hydrogen-bond acceptors (Lipinski definition) is 5. The van der Waals surface area contributed by atoms with Gasteiger partial charge in [0.25, 0.3) is 0 Å². The molecule has 0 amide bonds. The predicted molar refractivity (Wildman–Crippen MR) is 76.4 cm³/mol. The summed E-state index contributed by atoms with van der Waals surface area (Å²) in [4.78, 5) is 13.7. The van der Waals surface area contributed by atoms with E-state index in [2.05, 4.69) is 0 Å². The van der Waals surface area contributed by atoms with Gasteiger partial charge < -0.3 is 20.5 Å². The van der Waals surface area contributed by atoms with Crippen LogP contribution in [0.1, 0.15) is 31.1 Å². The first-order valence-corrected chi connectivity index (χ1v) is 6.45. The second-order valence-electron chi connectivity index (χ2n) is 4.50. The Balaban J connectivity index is 3.11. The molecule has 0 aliphatic heterocycles. The largest absolute Gasteiger partial charge is 0.462 e. The molecule has 1 aromatic rings. The Morgan fingerprint density at radius 1 is 1.47 bits per heavy atom. The third-order valence-electron chi connectivity index (χ3n) is 2.82. The van der Waals surface area contributed by atoms with Crippen molar-refractivity contribution >= 4 is 17.3 Å². The summed E-state index contributed by atoms with van der Waals surface area (Å²) in [5.41, 5.74) is 7.75. The van der Waals surface area contributed by atoms with Crippen LogP contribution in [0.5, 0.6) is 0 Å². The Morgan fingerprint density at radius 2 is 2.16 bits per heavy atom. The van der Waals surface area contributed by atoms with Crippen LogP contribution >= 0.6 is 0 Å². The lowest BCUT2D eigenvalue weighted by Gasteiger charge is -2.29. The van der Waals surface area contributed by atoms with Crippen LogP contribution < -0.4 is 10.6 Å². The number of nitrogens with two attached hydrogens (primary N) is 1. The van der Waals surface area contributed by atoms with E-state index < -0.39 is 0 Å². The number of hydrogen-bond donors (Lipinski definition) is 2. The number of aliphatic hydroxyl groups is 1. The van der Waals surface area contributed by atoms with Crippen LogP contribution in [0.25, 0.3) is 0 Å². The van der Waals surface area contributed by atoms with E-state index >= 15 is 0 Å². The molecule has 5 nitrogen and oxygen atoms in total. The third kappa shape index (κ3) is 3.86. The van der Waals surface area contributed by atoms with Gasteiger partial charge in [0.15, 0.2) is 0 Å². The normalized spacial score (nSPS) is 10.6. The van der Waals surface area contributed by atoms with E-state index in [0.717, 1.165) is 5.69 Å². The summed E-state index contributed by atoms with van der Waals surface area (Å²) in [6, 6.07) is 5.22. The molecule has 0 bridgehead atoms. The summed E-state index contributed by atoms with van der Waals surface area (Å²) in [5, 5.41) is 9.13. The highest BCUT2D eigenvalue weighted by atomic mass is 16.5. The van der Waals surface area contributed by atoms with Gasteiger partial charge in [0.05, 0.1) is 30.2 Å². The molecule has 5 heteroatoms. The molecule has 0 aliphatic carbocycles. The molecule has 3 N–H and O–H groups in total. The van der Waals surface area contributed by atoms with Crippen molar-refractivity contribution in [2.75, 3.05) is 30.4 Å². The minimum Gasteiger partial charge on any atom is -0.462 e. The van der Waals surface area contributed by atoms with Gasteiger partial charge in [0, 0.05) is 12.6 Å². The molecule has 0 radical (unpaired) electrons. The maximum absolute atomic E-state index is 11.7. The summed E-state index contributed by atoms with van der Waals surface area (Å²) in [7, 11) is 0. The molecule has 0 heterocycles. The zero-order valence-electron chi connectivity index (χ0n) is 11.7. The fourth-order valence-corrected chi connectivity index (χ4v) is 1.90. The Morgan fingerprint density at radius 3 is 2.68 bits per heavy atom. The quantitative estimate of drug-likeness (QED) is 0.605. The fraction of sp³-hybridized carbons (Fsp3) is 0.500. The molecule has 0 atom stereocenters. The zero-order chi connectivity index (χ0) is 14.4. The van der Waals surface area contributed by atoms with Gasteiger partial charge in [0.2, 0.25) is 0 Å². The number of rotatable bonds is 6. The van der Waals surface area contributed by atoms with Crippen LogP contribution in [0, 0.1) is 0 Å². The smallest absolute Gasteiger partial charge is 0.338 e. The van der Waals surface area contributed by atoms with Crippen LogP contribution in [0.15, 0.2) is 18.2 Å². The van der Waals surface area contributed by atoms with Crippen LogP contribution in [0.2, 0.25) is 0 Å². The lowest BCUT2D eigenvalue weighted by atomic mass is 10.1. The highest BCUT2D eigenvalue weighted by Crippen LogP contribution is 2.26. The lowest BCUT2D eigenvalue weighted by molar-refractivity contribution is 0.0526. The fourth-order valence-electron chi connectivity index (χ4n) is 1.90. The van der Waals surface area contributed by atoms with Crippen molar-refractivity contribution in [3.05, 3.63) is 23.8 Å². The van der Waals surface area contributed by atoms with Crippen LogP contribution in [-0.4, -0.2) is 36.9 Å². The number of nitrogen functional groups attached to an aromatic ring is 1. The molecule has 19 heavy (non-hydrogen) atoms. The Bertz CT molecular complexity index is 433. The first kappa shape index (κ1) is 15.3. The molecular formula is C14H22N2O3. The van der Waals surface area contributed by atoms with Crippen LogP contribution in [0.4, 0.5) is 11.4 Å².